The van der Waals surface area contributed by atoms with E-state index in [0.29, 0.717) is 11.3 Å². The molecule has 1 rings (SSSR count). The summed E-state index contributed by atoms with van der Waals surface area (Å²) in [5.74, 6) is 0.240. The molecule has 108 valence electrons. The maximum atomic E-state index is 12.2. The van der Waals surface area contributed by atoms with Gasteiger partial charge in [0.1, 0.15) is 11.8 Å². The molecule has 0 aromatic heterocycles. The minimum Gasteiger partial charge on any atom is -0.495 e. The molecular formula is C16H21NO3. The predicted octanol–water partition coefficient (Wildman–Crippen LogP) is 2.96. The Labute approximate surface area is 120 Å². The molecule has 0 saturated heterocycles. The summed E-state index contributed by atoms with van der Waals surface area (Å²) in [6.45, 7) is 7.63. The van der Waals surface area contributed by atoms with Crippen LogP contribution in [0, 0.1) is 24.2 Å². The standard InChI is InChI=1S/C16H21NO3/c1-10(2)16(4,15(18)20-6)12-7-11(3)13(9-17)14(8-12)19-5/h7-8,10H,1-6H3. The van der Waals surface area contributed by atoms with Crippen molar-refractivity contribution in [3.63, 3.8) is 0 Å². The van der Waals surface area contributed by atoms with Gasteiger partial charge in [-0.05, 0) is 37.0 Å². The SMILES string of the molecule is COC(=O)C(C)(c1cc(C)c(C#N)c(OC)c1)C(C)C. The van der Waals surface area contributed by atoms with E-state index in [2.05, 4.69) is 6.07 Å². The third kappa shape index (κ3) is 2.49. The predicted molar refractivity (Wildman–Crippen MR) is 76.7 cm³/mol. The van der Waals surface area contributed by atoms with E-state index in [-0.39, 0.29) is 11.9 Å². The molecule has 4 heteroatoms. The van der Waals surface area contributed by atoms with E-state index >= 15 is 0 Å². The first-order valence-corrected chi connectivity index (χ1v) is 6.50. The first kappa shape index (κ1) is 16.0. The van der Waals surface area contributed by atoms with Crippen molar-refractivity contribution >= 4 is 5.97 Å². The number of aryl methyl sites for hydroxylation is 1. The van der Waals surface area contributed by atoms with Gasteiger partial charge in [0.25, 0.3) is 0 Å². The number of rotatable bonds is 4. The molecular weight excluding hydrogens is 254 g/mol. The van der Waals surface area contributed by atoms with Gasteiger partial charge in [-0.25, -0.2) is 0 Å². The third-order valence-electron chi connectivity index (χ3n) is 3.99. The summed E-state index contributed by atoms with van der Waals surface area (Å²) in [5.41, 5.74) is 1.30. The monoisotopic (exact) mass is 275 g/mol. The van der Waals surface area contributed by atoms with Crippen LogP contribution in [-0.4, -0.2) is 20.2 Å². The summed E-state index contributed by atoms with van der Waals surface area (Å²) in [7, 11) is 2.90. The van der Waals surface area contributed by atoms with Crippen LogP contribution in [0.25, 0.3) is 0 Å². The average molecular weight is 275 g/mol. The van der Waals surface area contributed by atoms with Crippen LogP contribution in [0.3, 0.4) is 0 Å². The molecule has 0 N–H and O–H groups in total. The van der Waals surface area contributed by atoms with Crippen LogP contribution < -0.4 is 4.74 Å². The second kappa shape index (κ2) is 5.96. The van der Waals surface area contributed by atoms with Gasteiger partial charge < -0.3 is 9.47 Å². The molecule has 0 heterocycles. The number of nitriles is 1. The zero-order chi connectivity index (χ0) is 15.5. The zero-order valence-electron chi connectivity index (χ0n) is 12.9. The van der Waals surface area contributed by atoms with Crippen LogP contribution in [0.1, 0.15) is 37.5 Å². The second-order valence-electron chi connectivity index (χ2n) is 5.33. The fourth-order valence-corrected chi connectivity index (χ4v) is 2.26. The minimum atomic E-state index is -0.777. The summed E-state index contributed by atoms with van der Waals surface area (Å²) >= 11 is 0. The van der Waals surface area contributed by atoms with Gasteiger partial charge in [0.05, 0.1) is 25.2 Å². The van der Waals surface area contributed by atoms with Crippen molar-refractivity contribution in [1.29, 1.82) is 5.26 Å². The lowest BCUT2D eigenvalue weighted by Crippen LogP contribution is -2.39. The highest BCUT2D eigenvalue weighted by molar-refractivity contribution is 5.83. The molecule has 0 fully saturated rings. The van der Waals surface area contributed by atoms with Crippen molar-refractivity contribution in [1.82, 2.24) is 0 Å². The lowest BCUT2D eigenvalue weighted by atomic mass is 9.72. The average Bonchev–Trinajstić information content (AvgIpc) is 2.43. The van der Waals surface area contributed by atoms with Gasteiger partial charge in [-0.1, -0.05) is 19.9 Å². The van der Waals surface area contributed by atoms with Crippen molar-refractivity contribution in [3.8, 4) is 11.8 Å². The van der Waals surface area contributed by atoms with E-state index in [9.17, 15) is 4.79 Å². The molecule has 0 aliphatic rings. The molecule has 0 spiro atoms. The van der Waals surface area contributed by atoms with Crippen LogP contribution in [0.15, 0.2) is 12.1 Å². The number of hydrogen-bond acceptors (Lipinski definition) is 4. The zero-order valence-corrected chi connectivity index (χ0v) is 12.9. The molecule has 0 bridgehead atoms. The maximum absolute atomic E-state index is 12.2. The van der Waals surface area contributed by atoms with Crippen molar-refractivity contribution in [2.24, 2.45) is 5.92 Å². The number of methoxy groups -OCH3 is 2. The van der Waals surface area contributed by atoms with Gasteiger partial charge in [0.2, 0.25) is 0 Å². The van der Waals surface area contributed by atoms with Crippen LogP contribution in [0.4, 0.5) is 0 Å². The maximum Gasteiger partial charge on any atom is 0.316 e. The van der Waals surface area contributed by atoms with Crippen LogP contribution in [-0.2, 0) is 14.9 Å². The summed E-state index contributed by atoms with van der Waals surface area (Å²) in [5, 5.41) is 9.17. The Morgan fingerprint density at radius 1 is 1.35 bits per heavy atom. The van der Waals surface area contributed by atoms with Gasteiger partial charge in [0.15, 0.2) is 0 Å². The fourth-order valence-electron chi connectivity index (χ4n) is 2.26. The van der Waals surface area contributed by atoms with Crippen LogP contribution in [0.2, 0.25) is 0 Å². The smallest absolute Gasteiger partial charge is 0.316 e. The largest absolute Gasteiger partial charge is 0.495 e. The molecule has 1 aromatic rings. The van der Waals surface area contributed by atoms with Crippen LogP contribution in [0.5, 0.6) is 5.75 Å². The Kier molecular flexibility index (Phi) is 4.78. The Hall–Kier alpha value is -2.02. The molecule has 1 aromatic carbocycles. The van der Waals surface area contributed by atoms with Crippen molar-refractivity contribution in [3.05, 3.63) is 28.8 Å². The summed E-state index contributed by atoms with van der Waals surface area (Å²) < 4.78 is 10.2. The van der Waals surface area contributed by atoms with E-state index in [0.717, 1.165) is 11.1 Å². The van der Waals surface area contributed by atoms with Crippen molar-refractivity contribution in [2.45, 2.75) is 33.1 Å². The molecule has 1 unspecified atom stereocenters. The van der Waals surface area contributed by atoms with Crippen LogP contribution >= 0.6 is 0 Å². The van der Waals surface area contributed by atoms with Crippen molar-refractivity contribution < 1.29 is 14.3 Å². The number of benzene rings is 1. The minimum absolute atomic E-state index is 0.0481. The Morgan fingerprint density at radius 2 is 1.95 bits per heavy atom. The fraction of sp³-hybridized carbons (Fsp3) is 0.500. The molecule has 0 aliphatic carbocycles. The lowest BCUT2D eigenvalue weighted by Gasteiger charge is -2.32. The number of nitrogens with zero attached hydrogens (tertiary/aromatic N) is 1. The van der Waals surface area contributed by atoms with Gasteiger partial charge in [-0.2, -0.15) is 5.26 Å². The van der Waals surface area contributed by atoms with E-state index in [4.69, 9.17) is 14.7 Å². The van der Waals surface area contributed by atoms with Crippen molar-refractivity contribution in [2.75, 3.05) is 14.2 Å². The molecule has 0 radical (unpaired) electrons. The highest BCUT2D eigenvalue weighted by atomic mass is 16.5. The molecule has 0 amide bonds. The van der Waals surface area contributed by atoms with E-state index in [1.165, 1.54) is 14.2 Å². The molecule has 0 saturated carbocycles. The number of carbonyl (C=O) groups excluding carboxylic acids is 1. The number of ether oxygens (including phenoxy) is 2. The van der Waals surface area contributed by atoms with E-state index in [1.54, 1.807) is 6.07 Å². The third-order valence-corrected chi connectivity index (χ3v) is 3.99. The lowest BCUT2D eigenvalue weighted by molar-refractivity contribution is -0.148. The van der Waals surface area contributed by atoms with Gasteiger partial charge in [-0.15, -0.1) is 0 Å². The molecule has 0 aliphatic heterocycles. The van der Waals surface area contributed by atoms with E-state index in [1.807, 2.05) is 33.8 Å². The summed E-state index contributed by atoms with van der Waals surface area (Å²) in [6.07, 6.45) is 0. The van der Waals surface area contributed by atoms with Gasteiger partial charge in [0, 0.05) is 0 Å². The Bertz CT molecular complexity index is 558. The van der Waals surface area contributed by atoms with Gasteiger partial charge in [-0.3, -0.25) is 4.79 Å². The quantitative estimate of drug-likeness (QED) is 0.793. The molecule has 4 nitrogen and oxygen atoms in total. The topological polar surface area (TPSA) is 59.3 Å². The van der Waals surface area contributed by atoms with E-state index < -0.39 is 5.41 Å². The Balaban J connectivity index is 3.56. The number of hydrogen-bond donors (Lipinski definition) is 0. The number of carbonyl (C=O) groups is 1. The molecule has 1 atom stereocenters. The summed E-state index contributed by atoms with van der Waals surface area (Å²) in [6, 6.07) is 5.74. The highest BCUT2D eigenvalue weighted by Gasteiger charge is 2.40. The Morgan fingerprint density at radius 3 is 2.35 bits per heavy atom. The van der Waals surface area contributed by atoms with Gasteiger partial charge >= 0.3 is 5.97 Å². The first-order chi connectivity index (χ1) is 9.32. The highest BCUT2D eigenvalue weighted by Crippen LogP contribution is 2.37. The first-order valence-electron chi connectivity index (χ1n) is 6.50. The second-order valence-corrected chi connectivity index (χ2v) is 5.33. The summed E-state index contributed by atoms with van der Waals surface area (Å²) in [4.78, 5) is 12.2. The molecule has 20 heavy (non-hydrogen) atoms. The normalized spacial score (nSPS) is 13.5. The number of esters is 1.